The molecule has 24 heavy (non-hydrogen) atoms. The van der Waals surface area contributed by atoms with E-state index in [1.54, 1.807) is 11.3 Å². The summed E-state index contributed by atoms with van der Waals surface area (Å²) in [6, 6.07) is 12.1. The van der Waals surface area contributed by atoms with Gasteiger partial charge in [0.25, 0.3) is 5.89 Å². The predicted molar refractivity (Wildman–Crippen MR) is 98.1 cm³/mol. The third kappa shape index (κ3) is 3.69. The lowest BCUT2D eigenvalue weighted by atomic mass is 9.94. The van der Waals surface area contributed by atoms with Crippen molar-refractivity contribution in [2.45, 2.75) is 26.4 Å². The number of hydrogen-bond donors (Lipinski definition) is 0. The number of halogens is 1. The van der Waals surface area contributed by atoms with Gasteiger partial charge in [-0.25, -0.2) is 0 Å². The van der Waals surface area contributed by atoms with Crippen molar-refractivity contribution >= 4 is 22.9 Å². The molecule has 0 saturated heterocycles. The Bertz CT molecular complexity index is 785. The van der Waals surface area contributed by atoms with Gasteiger partial charge in [-0.05, 0) is 36.0 Å². The fraction of sp³-hybridized carbons (Fsp3) is 0.333. The van der Waals surface area contributed by atoms with Gasteiger partial charge in [-0.2, -0.15) is 0 Å². The Morgan fingerprint density at radius 3 is 2.62 bits per heavy atom. The van der Waals surface area contributed by atoms with E-state index in [-0.39, 0.29) is 6.04 Å². The SMILES string of the molecule is CC(C)C(c1ccccc1Cl)N(C)Cc1nnc(-c2cccs2)o1. The summed E-state index contributed by atoms with van der Waals surface area (Å²) in [4.78, 5) is 3.19. The molecular weight excluding hydrogens is 342 g/mol. The molecule has 3 aromatic rings. The molecule has 0 spiro atoms. The highest BCUT2D eigenvalue weighted by atomic mass is 35.5. The van der Waals surface area contributed by atoms with E-state index in [1.807, 2.05) is 35.7 Å². The standard InChI is InChI=1S/C18H20ClN3OS/c1-12(2)17(13-7-4-5-8-14(13)19)22(3)11-16-20-21-18(23-16)15-9-6-10-24-15/h4-10,12,17H,11H2,1-3H3. The largest absolute Gasteiger partial charge is 0.419 e. The highest BCUT2D eigenvalue weighted by Gasteiger charge is 2.24. The molecule has 0 fully saturated rings. The van der Waals surface area contributed by atoms with Crippen LogP contribution in [0.4, 0.5) is 0 Å². The second-order valence-corrected chi connectivity index (χ2v) is 7.46. The van der Waals surface area contributed by atoms with Crippen molar-refractivity contribution in [3.05, 3.63) is 58.3 Å². The maximum absolute atomic E-state index is 6.41. The van der Waals surface area contributed by atoms with Crippen LogP contribution in [0, 0.1) is 5.92 Å². The number of aromatic nitrogens is 2. The predicted octanol–water partition coefficient (Wildman–Crippen LogP) is 5.28. The number of nitrogens with zero attached hydrogens (tertiary/aromatic N) is 3. The van der Waals surface area contributed by atoms with Crippen LogP contribution in [0.2, 0.25) is 5.02 Å². The Kier molecular flexibility index (Phi) is 5.33. The van der Waals surface area contributed by atoms with Gasteiger partial charge in [-0.3, -0.25) is 4.90 Å². The van der Waals surface area contributed by atoms with Gasteiger partial charge in [0.1, 0.15) is 0 Å². The minimum atomic E-state index is 0.177. The fourth-order valence-electron chi connectivity index (χ4n) is 2.95. The Morgan fingerprint density at radius 2 is 1.96 bits per heavy atom. The van der Waals surface area contributed by atoms with Crippen molar-refractivity contribution in [1.29, 1.82) is 0 Å². The van der Waals surface area contributed by atoms with Gasteiger partial charge in [-0.15, -0.1) is 21.5 Å². The van der Waals surface area contributed by atoms with Crippen molar-refractivity contribution in [1.82, 2.24) is 15.1 Å². The van der Waals surface area contributed by atoms with E-state index in [9.17, 15) is 0 Å². The number of benzene rings is 1. The highest BCUT2D eigenvalue weighted by Crippen LogP contribution is 2.33. The van der Waals surface area contributed by atoms with E-state index in [1.165, 1.54) is 0 Å². The van der Waals surface area contributed by atoms with Gasteiger partial charge in [0.15, 0.2) is 0 Å². The van der Waals surface area contributed by atoms with Gasteiger partial charge >= 0.3 is 0 Å². The first kappa shape index (κ1) is 17.1. The Morgan fingerprint density at radius 1 is 1.17 bits per heavy atom. The monoisotopic (exact) mass is 361 g/mol. The van der Waals surface area contributed by atoms with Crippen molar-refractivity contribution in [2.75, 3.05) is 7.05 Å². The Balaban J connectivity index is 1.79. The second kappa shape index (κ2) is 7.47. The molecular formula is C18H20ClN3OS. The smallest absolute Gasteiger partial charge is 0.257 e. The summed E-state index contributed by atoms with van der Waals surface area (Å²) in [6.45, 7) is 4.96. The van der Waals surface area contributed by atoms with E-state index in [2.05, 4.69) is 42.1 Å². The van der Waals surface area contributed by atoms with E-state index >= 15 is 0 Å². The minimum absolute atomic E-state index is 0.177. The zero-order valence-corrected chi connectivity index (χ0v) is 15.5. The molecule has 1 unspecified atom stereocenters. The molecule has 0 bridgehead atoms. The van der Waals surface area contributed by atoms with Crippen LogP contribution in [0.5, 0.6) is 0 Å². The normalized spacial score (nSPS) is 12.9. The van der Waals surface area contributed by atoms with Crippen LogP contribution in [-0.2, 0) is 6.54 Å². The van der Waals surface area contributed by atoms with E-state index in [0.717, 1.165) is 15.5 Å². The lowest BCUT2D eigenvalue weighted by Crippen LogP contribution is -2.28. The minimum Gasteiger partial charge on any atom is -0.419 e. The quantitative estimate of drug-likeness (QED) is 0.599. The third-order valence-electron chi connectivity index (χ3n) is 3.91. The maximum Gasteiger partial charge on any atom is 0.257 e. The average molecular weight is 362 g/mol. The van der Waals surface area contributed by atoms with Crippen LogP contribution in [0.3, 0.4) is 0 Å². The molecule has 0 N–H and O–H groups in total. The van der Waals surface area contributed by atoms with Crippen molar-refractivity contribution in [2.24, 2.45) is 5.92 Å². The van der Waals surface area contributed by atoms with Crippen LogP contribution in [0.25, 0.3) is 10.8 Å². The summed E-state index contributed by atoms with van der Waals surface area (Å²) in [5, 5.41) is 11.1. The summed E-state index contributed by atoms with van der Waals surface area (Å²) < 4.78 is 5.81. The topological polar surface area (TPSA) is 42.2 Å². The first-order valence-corrected chi connectivity index (χ1v) is 9.13. The third-order valence-corrected chi connectivity index (χ3v) is 5.12. The van der Waals surface area contributed by atoms with Crippen LogP contribution >= 0.6 is 22.9 Å². The lowest BCUT2D eigenvalue weighted by Gasteiger charge is -2.31. The number of rotatable bonds is 6. The summed E-state index contributed by atoms with van der Waals surface area (Å²) in [6.07, 6.45) is 0. The Labute approximate surface area is 151 Å². The van der Waals surface area contributed by atoms with Crippen molar-refractivity contribution in [3.8, 4) is 10.8 Å². The van der Waals surface area contributed by atoms with Crippen molar-refractivity contribution < 1.29 is 4.42 Å². The highest BCUT2D eigenvalue weighted by molar-refractivity contribution is 7.13. The molecule has 0 aliphatic rings. The molecule has 1 atom stereocenters. The van der Waals surface area contributed by atoms with E-state index in [4.69, 9.17) is 16.0 Å². The van der Waals surface area contributed by atoms with Crippen LogP contribution in [0.15, 0.2) is 46.2 Å². The summed E-state index contributed by atoms with van der Waals surface area (Å²) in [7, 11) is 2.06. The molecule has 2 heterocycles. The molecule has 0 aliphatic carbocycles. The number of hydrogen-bond acceptors (Lipinski definition) is 5. The van der Waals surface area contributed by atoms with E-state index < -0.39 is 0 Å². The Hall–Kier alpha value is -1.69. The molecule has 0 amide bonds. The zero-order chi connectivity index (χ0) is 17.1. The molecule has 3 rings (SSSR count). The van der Waals surface area contributed by atoms with Crippen LogP contribution < -0.4 is 0 Å². The zero-order valence-electron chi connectivity index (χ0n) is 13.9. The van der Waals surface area contributed by atoms with Crippen molar-refractivity contribution in [3.63, 3.8) is 0 Å². The first-order valence-electron chi connectivity index (χ1n) is 7.87. The average Bonchev–Trinajstić information content (AvgIpc) is 3.20. The summed E-state index contributed by atoms with van der Waals surface area (Å²) in [5.74, 6) is 1.58. The first-order chi connectivity index (χ1) is 11.6. The molecule has 2 aromatic heterocycles. The van der Waals surface area contributed by atoms with E-state index in [0.29, 0.717) is 24.2 Å². The second-order valence-electron chi connectivity index (χ2n) is 6.10. The van der Waals surface area contributed by atoms with Crippen LogP contribution in [-0.4, -0.2) is 22.1 Å². The summed E-state index contributed by atoms with van der Waals surface area (Å²) >= 11 is 8.00. The molecule has 1 aromatic carbocycles. The van der Waals surface area contributed by atoms with Gasteiger partial charge in [0.05, 0.1) is 11.4 Å². The molecule has 6 heteroatoms. The molecule has 126 valence electrons. The molecule has 0 saturated carbocycles. The molecule has 0 radical (unpaired) electrons. The fourth-order valence-corrected chi connectivity index (χ4v) is 3.84. The van der Waals surface area contributed by atoms with Gasteiger partial charge < -0.3 is 4.42 Å². The molecule has 0 aliphatic heterocycles. The van der Waals surface area contributed by atoms with Crippen LogP contribution in [0.1, 0.15) is 31.3 Å². The van der Waals surface area contributed by atoms with Gasteiger partial charge in [-0.1, -0.05) is 49.7 Å². The van der Waals surface area contributed by atoms with Gasteiger partial charge in [0.2, 0.25) is 5.89 Å². The van der Waals surface area contributed by atoms with Gasteiger partial charge in [0, 0.05) is 11.1 Å². The molecule has 4 nitrogen and oxygen atoms in total. The summed E-state index contributed by atoms with van der Waals surface area (Å²) in [5.41, 5.74) is 1.12. The lowest BCUT2D eigenvalue weighted by molar-refractivity contribution is 0.171. The maximum atomic E-state index is 6.41. The number of thiophene rings is 1.